The van der Waals surface area contributed by atoms with Crippen LogP contribution in [0, 0.1) is 0 Å². The number of esters is 1. The molecule has 1 aromatic rings. The molecule has 1 N–H and O–H groups in total. The fraction of sp³-hybridized carbons (Fsp3) is 0.647. The SMILES string of the molecule is COC(=O)c1cc(NC2CCN(C(=O)OC(C)(C)C)CC2)nc(C(F)(F)F)n1. The molecule has 1 aromatic heterocycles. The third kappa shape index (κ3) is 5.96. The predicted octanol–water partition coefficient (Wildman–Crippen LogP) is 3.09. The van der Waals surface area contributed by atoms with Gasteiger partial charge in [0.05, 0.1) is 7.11 Å². The molecule has 11 heteroatoms. The van der Waals surface area contributed by atoms with E-state index in [4.69, 9.17) is 4.74 Å². The van der Waals surface area contributed by atoms with Gasteiger partial charge in [-0.3, -0.25) is 0 Å². The predicted molar refractivity (Wildman–Crippen MR) is 92.8 cm³/mol. The molecule has 0 aliphatic carbocycles. The zero-order valence-corrected chi connectivity index (χ0v) is 16.1. The largest absolute Gasteiger partial charge is 0.464 e. The highest BCUT2D eigenvalue weighted by atomic mass is 19.4. The van der Waals surface area contributed by atoms with Gasteiger partial charge in [0.2, 0.25) is 5.82 Å². The topological polar surface area (TPSA) is 93.7 Å². The molecular weight excluding hydrogens is 381 g/mol. The molecule has 1 fully saturated rings. The van der Waals surface area contributed by atoms with Crippen molar-refractivity contribution in [1.29, 1.82) is 0 Å². The maximum atomic E-state index is 13.0. The first-order chi connectivity index (χ1) is 12.9. The Labute approximate surface area is 160 Å². The van der Waals surface area contributed by atoms with Crippen molar-refractivity contribution in [3.63, 3.8) is 0 Å². The molecule has 0 saturated carbocycles. The maximum absolute atomic E-state index is 13.0. The molecule has 156 valence electrons. The lowest BCUT2D eigenvalue weighted by Gasteiger charge is -2.34. The molecule has 0 spiro atoms. The van der Waals surface area contributed by atoms with E-state index in [1.54, 1.807) is 25.7 Å². The number of alkyl halides is 3. The summed E-state index contributed by atoms with van der Waals surface area (Å²) in [5.41, 5.74) is -1.09. The molecule has 2 heterocycles. The van der Waals surface area contributed by atoms with Crippen LogP contribution in [0.4, 0.5) is 23.8 Å². The van der Waals surface area contributed by atoms with E-state index in [9.17, 15) is 22.8 Å². The summed E-state index contributed by atoms with van der Waals surface area (Å²) in [6.45, 7) is 6.07. The van der Waals surface area contributed by atoms with Crippen LogP contribution in [0.5, 0.6) is 0 Å². The van der Waals surface area contributed by atoms with Crippen LogP contribution in [0.15, 0.2) is 6.07 Å². The molecule has 8 nitrogen and oxygen atoms in total. The first-order valence-electron chi connectivity index (χ1n) is 8.68. The van der Waals surface area contributed by atoms with Gasteiger partial charge < -0.3 is 19.7 Å². The van der Waals surface area contributed by atoms with Crippen LogP contribution < -0.4 is 5.32 Å². The van der Waals surface area contributed by atoms with Gasteiger partial charge in [-0.25, -0.2) is 19.6 Å². The average molecular weight is 404 g/mol. The Morgan fingerprint density at radius 3 is 2.29 bits per heavy atom. The van der Waals surface area contributed by atoms with Crippen molar-refractivity contribution >= 4 is 17.9 Å². The third-order valence-electron chi connectivity index (χ3n) is 3.87. The smallest absolute Gasteiger partial charge is 0.451 e. The molecule has 0 bridgehead atoms. The number of likely N-dealkylation sites (tertiary alicyclic amines) is 1. The normalized spacial score (nSPS) is 15.9. The lowest BCUT2D eigenvalue weighted by atomic mass is 10.1. The molecule has 0 unspecified atom stereocenters. The number of hydrogen-bond donors (Lipinski definition) is 1. The number of hydrogen-bond acceptors (Lipinski definition) is 7. The van der Waals surface area contributed by atoms with Gasteiger partial charge in [-0.1, -0.05) is 0 Å². The first-order valence-corrected chi connectivity index (χ1v) is 8.68. The van der Waals surface area contributed by atoms with E-state index < -0.39 is 35.4 Å². The van der Waals surface area contributed by atoms with Crippen LogP contribution in [-0.4, -0.2) is 58.8 Å². The second kappa shape index (κ2) is 8.19. The summed E-state index contributed by atoms with van der Waals surface area (Å²) >= 11 is 0. The van der Waals surface area contributed by atoms with Gasteiger partial charge >= 0.3 is 18.2 Å². The summed E-state index contributed by atoms with van der Waals surface area (Å²) in [4.78, 5) is 31.9. The number of rotatable bonds is 3. The van der Waals surface area contributed by atoms with Crippen LogP contribution >= 0.6 is 0 Å². The summed E-state index contributed by atoms with van der Waals surface area (Å²) in [5.74, 6) is -2.54. The molecule has 0 atom stereocenters. The summed E-state index contributed by atoms with van der Waals surface area (Å²) in [6, 6.07) is 0.890. The van der Waals surface area contributed by atoms with Crippen LogP contribution in [0.25, 0.3) is 0 Å². The number of piperidine rings is 1. The van der Waals surface area contributed by atoms with Gasteiger partial charge in [0.1, 0.15) is 11.4 Å². The van der Waals surface area contributed by atoms with Crippen LogP contribution in [0.3, 0.4) is 0 Å². The molecule has 1 amide bonds. The second-order valence-electron chi connectivity index (χ2n) is 7.34. The van der Waals surface area contributed by atoms with Crippen molar-refractivity contribution in [2.45, 2.75) is 51.4 Å². The van der Waals surface area contributed by atoms with E-state index in [1.165, 1.54) is 0 Å². The zero-order valence-electron chi connectivity index (χ0n) is 16.1. The Morgan fingerprint density at radius 1 is 1.18 bits per heavy atom. The monoisotopic (exact) mass is 404 g/mol. The van der Waals surface area contributed by atoms with Crippen molar-refractivity contribution in [3.05, 3.63) is 17.6 Å². The number of ether oxygens (including phenoxy) is 2. The van der Waals surface area contributed by atoms with Crippen LogP contribution in [0.2, 0.25) is 0 Å². The Bertz CT molecular complexity index is 726. The number of halogens is 3. The molecular formula is C17H23F3N4O4. The number of nitrogens with zero attached hydrogens (tertiary/aromatic N) is 3. The van der Waals surface area contributed by atoms with E-state index in [1.807, 2.05) is 0 Å². The van der Waals surface area contributed by atoms with Gasteiger partial charge in [-0.2, -0.15) is 13.2 Å². The number of nitrogens with one attached hydrogen (secondary N) is 1. The lowest BCUT2D eigenvalue weighted by Crippen LogP contribution is -2.44. The van der Waals surface area contributed by atoms with Crippen molar-refractivity contribution in [2.24, 2.45) is 0 Å². The van der Waals surface area contributed by atoms with Crippen LogP contribution in [0.1, 0.15) is 49.9 Å². The summed E-state index contributed by atoms with van der Waals surface area (Å²) in [6.07, 6.45) is -4.27. The summed E-state index contributed by atoms with van der Waals surface area (Å²) in [7, 11) is 1.05. The summed E-state index contributed by atoms with van der Waals surface area (Å²) in [5, 5.41) is 2.88. The minimum atomic E-state index is -4.81. The Kier molecular flexibility index (Phi) is 6.35. The van der Waals surface area contributed by atoms with E-state index in [0.717, 1.165) is 13.2 Å². The average Bonchev–Trinajstić information content (AvgIpc) is 2.59. The molecule has 0 radical (unpaired) electrons. The molecule has 1 saturated heterocycles. The van der Waals surface area contributed by atoms with Gasteiger partial charge in [0.25, 0.3) is 0 Å². The first kappa shape index (κ1) is 21.7. The molecule has 1 aliphatic rings. The number of carbonyl (C=O) groups excluding carboxylic acids is 2. The zero-order chi connectivity index (χ0) is 21.1. The fourth-order valence-corrected chi connectivity index (χ4v) is 2.60. The van der Waals surface area contributed by atoms with Gasteiger partial charge in [0, 0.05) is 25.2 Å². The van der Waals surface area contributed by atoms with Crippen molar-refractivity contribution in [1.82, 2.24) is 14.9 Å². The molecule has 0 aromatic carbocycles. The number of methoxy groups -OCH3 is 1. The fourth-order valence-electron chi connectivity index (χ4n) is 2.60. The quantitative estimate of drug-likeness (QED) is 0.774. The van der Waals surface area contributed by atoms with E-state index in [-0.39, 0.29) is 11.9 Å². The standard InChI is InChI=1S/C17H23F3N4O4/c1-16(2,3)28-15(26)24-7-5-10(6-8-24)21-12-9-11(13(25)27-4)22-14(23-12)17(18,19)20/h9-10H,5-8H2,1-4H3,(H,21,22,23). The highest BCUT2D eigenvalue weighted by molar-refractivity contribution is 5.87. The van der Waals surface area contributed by atoms with Gasteiger partial charge in [-0.15, -0.1) is 0 Å². The van der Waals surface area contributed by atoms with Gasteiger partial charge in [-0.05, 0) is 33.6 Å². The Morgan fingerprint density at radius 2 is 1.79 bits per heavy atom. The number of amides is 1. The lowest BCUT2D eigenvalue weighted by molar-refractivity contribution is -0.144. The number of aromatic nitrogens is 2. The van der Waals surface area contributed by atoms with Crippen molar-refractivity contribution in [3.8, 4) is 0 Å². The minimum absolute atomic E-state index is 0.126. The van der Waals surface area contributed by atoms with E-state index >= 15 is 0 Å². The van der Waals surface area contributed by atoms with Crippen molar-refractivity contribution < 1.29 is 32.2 Å². The maximum Gasteiger partial charge on any atom is 0.451 e. The van der Waals surface area contributed by atoms with Crippen molar-refractivity contribution in [2.75, 3.05) is 25.5 Å². The number of carbonyl (C=O) groups is 2. The van der Waals surface area contributed by atoms with E-state index in [0.29, 0.717) is 25.9 Å². The van der Waals surface area contributed by atoms with E-state index in [2.05, 4.69) is 20.0 Å². The number of anilines is 1. The Balaban J connectivity index is 2.06. The highest BCUT2D eigenvalue weighted by Crippen LogP contribution is 2.28. The highest BCUT2D eigenvalue weighted by Gasteiger charge is 2.36. The van der Waals surface area contributed by atoms with Crippen LogP contribution in [-0.2, 0) is 15.7 Å². The molecule has 28 heavy (non-hydrogen) atoms. The molecule has 2 rings (SSSR count). The Hall–Kier alpha value is -2.59. The minimum Gasteiger partial charge on any atom is -0.464 e. The summed E-state index contributed by atoms with van der Waals surface area (Å²) < 4.78 is 48.8. The molecule has 1 aliphatic heterocycles. The second-order valence-corrected chi connectivity index (χ2v) is 7.34. The van der Waals surface area contributed by atoms with Gasteiger partial charge in [0.15, 0.2) is 5.69 Å². The third-order valence-corrected chi connectivity index (χ3v) is 3.87.